The molecule has 2 aromatic rings. The van der Waals surface area contributed by atoms with Crippen molar-refractivity contribution in [3.05, 3.63) is 65.5 Å². The van der Waals surface area contributed by atoms with Gasteiger partial charge in [-0.15, -0.1) is 0 Å². The van der Waals surface area contributed by atoms with Crippen LogP contribution < -0.4 is 15.5 Å². The Morgan fingerprint density at radius 1 is 1.00 bits per heavy atom. The highest BCUT2D eigenvalue weighted by Gasteiger charge is 2.09. The van der Waals surface area contributed by atoms with Gasteiger partial charge in [-0.25, -0.2) is 4.39 Å². The Bertz CT molecular complexity index is 654. The van der Waals surface area contributed by atoms with E-state index in [1.807, 2.05) is 0 Å². The molecule has 0 aliphatic heterocycles. The molecule has 3 nitrogen and oxygen atoms in total. The quantitative estimate of drug-likeness (QED) is 0.673. The van der Waals surface area contributed by atoms with E-state index in [4.69, 9.17) is 12.2 Å². The predicted molar refractivity (Wildman–Crippen MR) is 102 cm³/mol. The van der Waals surface area contributed by atoms with Crippen LogP contribution in [-0.2, 0) is 13.1 Å². The number of halogens is 1. The third kappa shape index (κ3) is 5.58. The van der Waals surface area contributed by atoms with Crippen LogP contribution in [0.15, 0.2) is 48.5 Å². The van der Waals surface area contributed by atoms with Crippen molar-refractivity contribution in [2.24, 2.45) is 0 Å². The first kappa shape index (κ1) is 18.4. The largest absolute Gasteiger partial charge is 0.358 e. The third-order valence-electron chi connectivity index (χ3n) is 4.10. The molecule has 0 atom stereocenters. The maximum absolute atomic E-state index is 12.9. The van der Waals surface area contributed by atoms with Crippen molar-refractivity contribution in [1.29, 1.82) is 0 Å². The van der Waals surface area contributed by atoms with Crippen molar-refractivity contribution >= 4 is 23.0 Å². The lowest BCUT2D eigenvalue weighted by Gasteiger charge is -2.18. The number of thiocarbonyl (C=S) groups is 1. The van der Waals surface area contributed by atoms with E-state index in [0.717, 1.165) is 25.3 Å². The minimum absolute atomic E-state index is 0.257. The molecule has 24 heavy (non-hydrogen) atoms. The van der Waals surface area contributed by atoms with E-state index in [1.165, 1.54) is 23.3 Å². The summed E-state index contributed by atoms with van der Waals surface area (Å²) in [6, 6.07) is 14.6. The third-order valence-corrected chi connectivity index (χ3v) is 4.35. The standard InChI is InChI=1S/C19H24FN3S/c1-3-23(4-2)14-16-8-6-5-7-15(16)13-21-19(24)22-18-11-9-17(20)10-12-18/h5-12H,3-4,13-14H2,1-2H3,(H2,21,22,24)/p+1. The van der Waals surface area contributed by atoms with E-state index >= 15 is 0 Å². The van der Waals surface area contributed by atoms with Crippen LogP contribution in [0.2, 0.25) is 0 Å². The summed E-state index contributed by atoms with van der Waals surface area (Å²) in [6.45, 7) is 8.33. The molecular weight excluding hydrogens is 321 g/mol. The minimum Gasteiger partial charge on any atom is -0.358 e. The number of nitrogens with one attached hydrogen (secondary N) is 3. The van der Waals surface area contributed by atoms with Gasteiger partial charge in [0.15, 0.2) is 5.11 Å². The first-order valence-electron chi connectivity index (χ1n) is 8.33. The van der Waals surface area contributed by atoms with E-state index in [9.17, 15) is 4.39 Å². The molecule has 0 fully saturated rings. The fourth-order valence-corrected chi connectivity index (χ4v) is 2.75. The van der Waals surface area contributed by atoms with Crippen LogP contribution in [0, 0.1) is 5.82 Å². The molecule has 0 bridgehead atoms. The van der Waals surface area contributed by atoms with Gasteiger partial charge in [0.1, 0.15) is 12.4 Å². The average molecular weight is 346 g/mol. The molecule has 0 aliphatic carbocycles. The number of anilines is 1. The van der Waals surface area contributed by atoms with Crippen molar-refractivity contribution in [3.63, 3.8) is 0 Å². The molecule has 2 aromatic carbocycles. The summed E-state index contributed by atoms with van der Waals surface area (Å²) in [5, 5.41) is 6.83. The molecule has 0 heterocycles. The van der Waals surface area contributed by atoms with E-state index in [1.54, 1.807) is 17.0 Å². The molecule has 0 unspecified atom stereocenters. The summed E-state index contributed by atoms with van der Waals surface area (Å²) in [5.41, 5.74) is 3.36. The van der Waals surface area contributed by atoms with E-state index in [0.29, 0.717) is 11.7 Å². The highest BCUT2D eigenvalue weighted by Crippen LogP contribution is 2.09. The molecule has 0 saturated carbocycles. The average Bonchev–Trinajstić information content (AvgIpc) is 2.60. The van der Waals surface area contributed by atoms with Crippen molar-refractivity contribution in [3.8, 4) is 0 Å². The van der Waals surface area contributed by atoms with Gasteiger partial charge in [0.2, 0.25) is 0 Å². The van der Waals surface area contributed by atoms with Crippen molar-refractivity contribution in [2.75, 3.05) is 18.4 Å². The van der Waals surface area contributed by atoms with Gasteiger partial charge in [-0.1, -0.05) is 24.3 Å². The van der Waals surface area contributed by atoms with Crippen molar-refractivity contribution < 1.29 is 9.29 Å². The minimum atomic E-state index is -0.257. The van der Waals surface area contributed by atoms with Gasteiger partial charge in [0, 0.05) is 17.8 Å². The van der Waals surface area contributed by atoms with Gasteiger partial charge < -0.3 is 15.5 Å². The monoisotopic (exact) mass is 346 g/mol. The summed E-state index contributed by atoms with van der Waals surface area (Å²) in [5.74, 6) is -0.257. The Morgan fingerprint density at radius 3 is 2.25 bits per heavy atom. The summed E-state index contributed by atoms with van der Waals surface area (Å²) < 4.78 is 12.9. The zero-order chi connectivity index (χ0) is 17.4. The summed E-state index contributed by atoms with van der Waals surface area (Å²) in [4.78, 5) is 1.55. The van der Waals surface area contributed by atoms with Crippen LogP contribution >= 0.6 is 12.2 Å². The number of hydrogen-bond donors (Lipinski definition) is 3. The fraction of sp³-hybridized carbons (Fsp3) is 0.316. The van der Waals surface area contributed by atoms with Gasteiger partial charge in [-0.3, -0.25) is 0 Å². The Morgan fingerprint density at radius 2 is 1.62 bits per heavy atom. The SMILES string of the molecule is CC[NH+](CC)Cc1ccccc1CNC(=S)Nc1ccc(F)cc1. The zero-order valence-corrected chi connectivity index (χ0v) is 15.0. The maximum atomic E-state index is 12.9. The predicted octanol–water partition coefficient (Wildman–Crippen LogP) is 2.74. The van der Waals surface area contributed by atoms with Gasteiger partial charge in [0.05, 0.1) is 13.1 Å². The van der Waals surface area contributed by atoms with Crippen molar-refractivity contribution in [1.82, 2.24) is 5.32 Å². The van der Waals surface area contributed by atoms with Crippen LogP contribution in [-0.4, -0.2) is 18.2 Å². The summed E-state index contributed by atoms with van der Waals surface area (Å²) in [6.07, 6.45) is 0. The normalized spacial score (nSPS) is 10.7. The number of quaternary nitrogens is 1. The Labute approximate surface area is 148 Å². The van der Waals surface area contributed by atoms with Crippen LogP contribution in [0.3, 0.4) is 0 Å². The molecule has 0 amide bonds. The van der Waals surface area contributed by atoms with Gasteiger partial charge in [-0.05, 0) is 55.9 Å². The van der Waals surface area contributed by atoms with E-state index < -0.39 is 0 Å². The highest BCUT2D eigenvalue weighted by molar-refractivity contribution is 7.80. The molecule has 5 heteroatoms. The Hall–Kier alpha value is -1.98. The summed E-state index contributed by atoms with van der Waals surface area (Å²) >= 11 is 5.32. The smallest absolute Gasteiger partial charge is 0.171 e. The van der Waals surface area contributed by atoms with Crippen LogP contribution in [0.5, 0.6) is 0 Å². The first-order chi connectivity index (χ1) is 11.6. The van der Waals surface area contributed by atoms with Crippen LogP contribution in [0.4, 0.5) is 10.1 Å². The van der Waals surface area contributed by atoms with E-state index in [2.05, 4.69) is 48.7 Å². The summed E-state index contributed by atoms with van der Waals surface area (Å²) in [7, 11) is 0. The topological polar surface area (TPSA) is 28.5 Å². The zero-order valence-electron chi connectivity index (χ0n) is 14.2. The van der Waals surface area contributed by atoms with Crippen LogP contribution in [0.1, 0.15) is 25.0 Å². The molecule has 0 aliphatic rings. The van der Waals surface area contributed by atoms with Gasteiger partial charge >= 0.3 is 0 Å². The van der Waals surface area contributed by atoms with E-state index in [-0.39, 0.29) is 5.82 Å². The lowest BCUT2D eigenvalue weighted by molar-refractivity contribution is -0.910. The molecule has 0 spiro atoms. The number of benzene rings is 2. The second-order valence-electron chi connectivity index (χ2n) is 5.72. The van der Waals surface area contributed by atoms with Gasteiger partial charge in [0.25, 0.3) is 0 Å². The Balaban J connectivity index is 1.93. The van der Waals surface area contributed by atoms with Crippen LogP contribution in [0.25, 0.3) is 0 Å². The second-order valence-corrected chi connectivity index (χ2v) is 6.13. The highest BCUT2D eigenvalue weighted by atomic mass is 32.1. The maximum Gasteiger partial charge on any atom is 0.171 e. The second kappa shape index (κ2) is 9.35. The van der Waals surface area contributed by atoms with Gasteiger partial charge in [-0.2, -0.15) is 0 Å². The lowest BCUT2D eigenvalue weighted by atomic mass is 10.1. The lowest BCUT2D eigenvalue weighted by Crippen LogP contribution is -3.10. The molecule has 128 valence electrons. The number of hydrogen-bond acceptors (Lipinski definition) is 1. The van der Waals surface area contributed by atoms with Crippen molar-refractivity contribution in [2.45, 2.75) is 26.9 Å². The first-order valence-corrected chi connectivity index (χ1v) is 8.74. The Kier molecular flexibility index (Phi) is 7.15. The molecule has 0 radical (unpaired) electrons. The molecule has 0 saturated heterocycles. The number of rotatable bonds is 7. The molecule has 2 rings (SSSR count). The molecular formula is C19H25FN3S+. The molecule has 0 aromatic heterocycles. The fourth-order valence-electron chi connectivity index (χ4n) is 2.56. The molecule has 3 N–H and O–H groups in total.